The average molecular weight is 352 g/mol. The van der Waals surface area contributed by atoms with Crippen molar-refractivity contribution in [3.8, 4) is 0 Å². The van der Waals surface area contributed by atoms with E-state index in [4.69, 9.17) is 11.6 Å². The summed E-state index contributed by atoms with van der Waals surface area (Å²) in [5.41, 5.74) is 1.78. The third-order valence-corrected chi connectivity index (χ3v) is 5.75. The number of benzene rings is 1. The number of hydrogen-bond acceptors (Lipinski definition) is 2. The summed E-state index contributed by atoms with van der Waals surface area (Å²) in [6.45, 7) is 11.3. The molecule has 1 saturated heterocycles. The molecule has 0 aliphatic carbocycles. The lowest BCUT2D eigenvalue weighted by Crippen LogP contribution is -2.46. The van der Waals surface area contributed by atoms with E-state index in [0.29, 0.717) is 18.5 Å². The van der Waals surface area contributed by atoms with Crippen LogP contribution in [0.5, 0.6) is 0 Å². The van der Waals surface area contributed by atoms with E-state index in [2.05, 4.69) is 20.8 Å². The first-order valence-electron chi connectivity index (χ1n) is 8.90. The summed E-state index contributed by atoms with van der Waals surface area (Å²) in [6, 6.07) is 7.68. The molecular formula is C19H28ClN2O2+. The molecule has 0 saturated carbocycles. The van der Waals surface area contributed by atoms with Crippen molar-refractivity contribution in [3.63, 3.8) is 0 Å². The van der Waals surface area contributed by atoms with Crippen molar-refractivity contribution >= 4 is 23.4 Å². The summed E-state index contributed by atoms with van der Waals surface area (Å²) in [5.74, 6) is -0.505. The second-order valence-electron chi connectivity index (χ2n) is 6.55. The van der Waals surface area contributed by atoms with Crippen LogP contribution in [0.15, 0.2) is 24.3 Å². The second kappa shape index (κ2) is 8.13. The Hall–Kier alpha value is -1.39. The highest BCUT2D eigenvalue weighted by Gasteiger charge is 2.31. The fraction of sp³-hybridized carbons (Fsp3) is 0.579. The fourth-order valence-electron chi connectivity index (χ4n) is 3.34. The Kier molecular flexibility index (Phi) is 6.41. The van der Waals surface area contributed by atoms with Gasteiger partial charge in [-0.25, -0.2) is 0 Å². The highest BCUT2D eigenvalue weighted by Crippen LogP contribution is 2.20. The zero-order valence-electron chi connectivity index (χ0n) is 14.9. The van der Waals surface area contributed by atoms with Crippen LogP contribution >= 0.6 is 11.6 Å². The van der Waals surface area contributed by atoms with Crippen molar-refractivity contribution in [2.24, 2.45) is 0 Å². The maximum atomic E-state index is 12.6. The minimum absolute atomic E-state index is 0.237. The van der Waals surface area contributed by atoms with Crippen molar-refractivity contribution in [1.82, 2.24) is 4.90 Å². The smallest absolute Gasteiger partial charge is 0.260 e. The third-order valence-electron chi connectivity index (χ3n) is 5.35. The Balaban J connectivity index is 2.11. The third kappa shape index (κ3) is 3.98. The number of imide groups is 1. The standard InChI is InChI=1S/C19H28ClN2O2/c1-4-22(5-2,6-3)14-15-9-11-16(12-10-15)18(23)21-13-7-8-17(20)19(21)24/h9-12,17H,4-8,13-14H2,1-3H3/q+1. The molecule has 132 valence electrons. The Morgan fingerprint density at radius 2 is 1.75 bits per heavy atom. The molecule has 1 unspecified atom stereocenters. The van der Waals surface area contributed by atoms with E-state index in [1.807, 2.05) is 24.3 Å². The number of carbonyl (C=O) groups excluding carboxylic acids is 2. The molecule has 2 amide bonds. The van der Waals surface area contributed by atoms with Crippen LogP contribution in [0.1, 0.15) is 49.5 Å². The van der Waals surface area contributed by atoms with Gasteiger partial charge in [-0.2, -0.15) is 0 Å². The summed E-state index contributed by atoms with van der Waals surface area (Å²) in [5, 5.41) is -0.571. The van der Waals surface area contributed by atoms with Gasteiger partial charge in [-0.3, -0.25) is 14.5 Å². The molecule has 0 N–H and O–H groups in total. The largest absolute Gasteiger partial charge is 0.321 e. The highest BCUT2D eigenvalue weighted by molar-refractivity contribution is 6.32. The zero-order chi connectivity index (χ0) is 17.7. The predicted octanol–water partition coefficient (Wildman–Crippen LogP) is 3.43. The molecule has 1 aliphatic rings. The number of nitrogens with zero attached hydrogens (tertiary/aromatic N) is 2. The van der Waals surface area contributed by atoms with Gasteiger partial charge < -0.3 is 4.48 Å². The van der Waals surface area contributed by atoms with Crippen LogP contribution in [0.4, 0.5) is 0 Å². The summed E-state index contributed by atoms with van der Waals surface area (Å²) in [6.07, 6.45) is 1.42. The maximum absolute atomic E-state index is 12.6. The summed E-state index contributed by atoms with van der Waals surface area (Å²) >= 11 is 5.99. The van der Waals surface area contributed by atoms with Gasteiger partial charge in [0.2, 0.25) is 5.91 Å². The van der Waals surface area contributed by atoms with Crippen molar-refractivity contribution in [2.45, 2.75) is 45.5 Å². The van der Waals surface area contributed by atoms with Crippen LogP contribution in [0.25, 0.3) is 0 Å². The quantitative estimate of drug-likeness (QED) is 0.447. The van der Waals surface area contributed by atoms with Crippen molar-refractivity contribution < 1.29 is 14.1 Å². The van der Waals surface area contributed by atoms with Crippen LogP contribution in [0.3, 0.4) is 0 Å². The lowest BCUT2D eigenvalue weighted by Gasteiger charge is -2.36. The van der Waals surface area contributed by atoms with Crippen molar-refractivity contribution in [2.75, 3.05) is 26.2 Å². The van der Waals surface area contributed by atoms with Crippen LogP contribution < -0.4 is 0 Å². The molecule has 0 aromatic heterocycles. The molecule has 1 aromatic rings. The number of carbonyl (C=O) groups is 2. The van der Waals surface area contributed by atoms with E-state index in [1.54, 1.807) is 0 Å². The van der Waals surface area contributed by atoms with E-state index in [9.17, 15) is 9.59 Å². The molecule has 0 radical (unpaired) electrons. The number of hydrogen-bond donors (Lipinski definition) is 0. The number of alkyl halides is 1. The van der Waals surface area contributed by atoms with Gasteiger partial charge >= 0.3 is 0 Å². The minimum atomic E-state index is -0.571. The lowest BCUT2D eigenvalue weighted by atomic mass is 10.1. The summed E-state index contributed by atoms with van der Waals surface area (Å²) < 4.78 is 1.03. The molecule has 4 nitrogen and oxygen atoms in total. The summed E-state index contributed by atoms with van der Waals surface area (Å²) in [7, 11) is 0. The Labute approximate surface area is 150 Å². The van der Waals surface area contributed by atoms with E-state index in [0.717, 1.165) is 37.1 Å². The second-order valence-corrected chi connectivity index (χ2v) is 7.08. The Morgan fingerprint density at radius 1 is 1.17 bits per heavy atom. The molecule has 2 rings (SSSR count). The molecule has 1 atom stereocenters. The molecule has 24 heavy (non-hydrogen) atoms. The fourth-order valence-corrected chi connectivity index (χ4v) is 3.61. The van der Waals surface area contributed by atoms with Crippen molar-refractivity contribution in [3.05, 3.63) is 35.4 Å². The average Bonchev–Trinajstić information content (AvgIpc) is 2.62. The molecule has 1 aliphatic heterocycles. The number of piperidine rings is 1. The highest BCUT2D eigenvalue weighted by atomic mass is 35.5. The van der Waals surface area contributed by atoms with E-state index >= 15 is 0 Å². The molecule has 0 spiro atoms. The SMILES string of the molecule is CC[N+](CC)(CC)Cc1ccc(C(=O)N2CCCC(Cl)C2=O)cc1. The predicted molar refractivity (Wildman–Crippen MR) is 96.9 cm³/mol. The van der Waals surface area contributed by atoms with Gasteiger partial charge in [-0.05, 0) is 45.7 Å². The van der Waals surface area contributed by atoms with E-state index < -0.39 is 5.38 Å². The first-order valence-corrected chi connectivity index (χ1v) is 9.33. The maximum Gasteiger partial charge on any atom is 0.260 e. The lowest BCUT2D eigenvalue weighted by molar-refractivity contribution is -0.936. The van der Waals surface area contributed by atoms with Gasteiger partial charge in [-0.1, -0.05) is 12.1 Å². The molecule has 1 heterocycles. The van der Waals surface area contributed by atoms with Gasteiger partial charge in [0.25, 0.3) is 5.91 Å². The Bertz CT molecular complexity index is 573. The van der Waals surface area contributed by atoms with E-state index in [1.165, 1.54) is 10.5 Å². The number of likely N-dealkylation sites (tertiary alicyclic amines) is 1. The molecule has 0 bridgehead atoms. The first kappa shape index (κ1) is 18.9. The summed E-state index contributed by atoms with van der Waals surface area (Å²) in [4.78, 5) is 25.9. The van der Waals surface area contributed by atoms with Crippen LogP contribution in [-0.4, -0.2) is 52.8 Å². The van der Waals surface area contributed by atoms with Gasteiger partial charge in [0.1, 0.15) is 11.9 Å². The van der Waals surface area contributed by atoms with Gasteiger partial charge in [0.05, 0.1) is 19.6 Å². The molecule has 1 fully saturated rings. The molecular weight excluding hydrogens is 324 g/mol. The van der Waals surface area contributed by atoms with Crippen LogP contribution in [0.2, 0.25) is 0 Å². The minimum Gasteiger partial charge on any atom is -0.321 e. The Morgan fingerprint density at radius 3 is 2.29 bits per heavy atom. The number of halogens is 1. The number of amides is 2. The topological polar surface area (TPSA) is 37.4 Å². The molecule has 5 heteroatoms. The first-order chi connectivity index (χ1) is 11.5. The number of quaternary nitrogens is 1. The molecule has 1 aromatic carbocycles. The van der Waals surface area contributed by atoms with Gasteiger partial charge in [-0.15, -0.1) is 11.6 Å². The van der Waals surface area contributed by atoms with Gasteiger partial charge in [0.15, 0.2) is 0 Å². The van der Waals surface area contributed by atoms with Gasteiger partial charge in [0, 0.05) is 17.7 Å². The number of rotatable bonds is 6. The van der Waals surface area contributed by atoms with E-state index in [-0.39, 0.29) is 11.8 Å². The van der Waals surface area contributed by atoms with Crippen molar-refractivity contribution in [1.29, 1.82) is 0 Å². The van der Waals surface area contributed by atoms with Crippen LogP contribution in [-0.2, 0) is 11.3 Å². The monoisotopic (exact) mass is 351 g/mol. The zero-order valence-corrected chi connectivity index (χ0v) is 15.7. The van der Waals surface area contributed by atoms with Crippen LogP contribution in [0, 0.1) is 0 Å². The normalized spacial score (nSPS) is 18.8.